The minimum absolute atomic E-state index is 0.300. The molecule has 0 saturated carbocycles. The lowest BCUT2D eigenvalue weighted by molar-refractivity contribution is -0.116. The molecule has 0 unspecified atom stereocenters. The predicted octanol–water partition coefficient (Wildman–Crippen LogP) is 1.84. The number of benzene rings is 1. The zero-order chi connectivity index (χ0) is 15.4. The van der Waals surface area contributed by atoms with Gasteiger partial charge in [-0.15, -0.1) is 0 Å². The SMILES string of the molecule is O=C(Cn1cccc(C(=O)O)c1=O)Nc1ccccc1Cl. The van der Waals surface area contributed by atoms with E-state index >= 15 is 0 Å². The van der Waals surface area contributed by atoms with Crippen LogP contribution in [-0.2, 0) is 11.3 Å². The normalized spacial score (nSPS) is 10.1. The number of nitrogens with one attached hydrogen (secondary N) is 1. The molecule has 1 heterocycles. The molecule has 1 aromatic carbocycles. The van der Waals surface area contributed by atoms with Crippen LogP contribution in [0.5, 0.6) is 0 Å². The summed E-state index contributed by atoms with van der Waals surface area (Å²) in [5.41, 5.74) is -0.700. The van der Waals surface area contributed by atoms with Crippen molar-refractivity contribution in [3.8, 4) is 0 Å². The van der Waals surface area contributed by atoms with Gasteiger partial charge in [0.2, 0.25) is 5.91 Å². The molecule has 1 aromatic heterocycles. The van der Waals surface area contributed by atoms with Crippen molar-refractivity contribution in [1.29, 1.82) is 0 Å². The highest BCUT2D eigenvalue weighted by molar-refractivity contribution is 6.33. The van der Waals surface area contributed by atoms with Gasteiger partial charge in [0.1, 0.15) is 12.1 Å². The van der Waals surface area contributed by atoms with Gasteiger partial charge >= 0.3 is 5.97 Å². The van der Waals surface area contributed by atoms with E-state index in [0.29, 0.717) is 10.7 Å². The van der Waals surface area contributed by atoms with E-state index in [1.165, 1.54) is 18.3 Å². The van der Waals surface area contributed by atoms with Crippen molar-refractivity contribution in [2.75, 3.05) is 5.32 Å². The van der Waals surface area contributed by atoms with Gasteiger partial charge in [0, 0.05) is 6.20 Å². The molecule has 0 saturated heterocycles. The van der Waals surface area contributed by atoms with E-state index < -0.39 is 17.4 Å². The lowest BCUT2D eigenvalue weighted by Crippen LogP contribution is -2.30. The summed E-state index contributed by atoms with van der Waals surface area (Å²) in [7, 11) is 0. The molecule has 0 aliphatic rings. The maximum absolute atomic E-state index is 11.9. The van der Waals surface area contributed by atoms with Gasteiger partial charge in [-0.05, 0) is 24.3 Å². The predicted molar refractivity (Wildman–Crippen MR) is 77.7 cm³/mol. The number of nitrogens with zero attached hydrogens (tertiary/aromatic N) is 1. The third-order valence-corrected chi connectivity index (χ3v) is 3.04. The van der Waals surface area contributed by atoms with Crippen LogP contribution in [-0.4, -0.2) is 21.6 Å². The number of anilines is 1. The minimum atomic E-state index is -1.33. The van der Waals surface area contributed by atoms with Gasteiger partial charge in [-0.25, -0.2) is 4.79 Å². The van der Waals surface area contributed by atoms with Crippen LogP contribution in [0.2, 0.25) is 5.02 Å². The topological polar surface area (TPSA) is 88.4 Å². The van der Waals surface area contributed by atoms with E-state index in [1.807, 2.05) is 0 Å². The first-order valence-electron chi connectivity index (χ1n) is 5.96. The Kier molecular flexibility index (Phi) is 4.39. The molecule has 0 aliphatic carbocycles. The summed E-state index contributed by atoms with van der Waals surface area (Å²) in [5, 5.41) is 11.8. The molecule has 0 spiro atoms. The number of carboxylic acid groups (broad SMARTS) is 1. The maximum Gasteiger partial charge on any atom is 0.341 e. The highest BCUT2D eigenvalue weighted by Crippen LogP contribution is 2.20. The molecule has 21 heavy (non-hydrogen) atoms. The summed E-state index contributed by atoms with van der Waals surface area (Å²) < 4.78 is 1.02. The van der Waals surface area contributed by atoms with Gasteiger partial charge in [-0.2, -0.15) is 0 Å². The molecule has 0 radical (unpaired) electrons. The van der Waals surface area contributed by atoms with E-state index in [1.54, 1.807) is 24.3 Å². The third-order valence-electron chi connectivity index (χ3n) is 2.71. The smallest absolute Gasteiger partial charge is 0.341 e. The third kappa shape index (κ3) is 3.49. The average Bonchev–Trinajstić information content (AvgIpc) is 2.43. The van der Waals surface area contributed by atoms with E-state index in [2.05, 4.69) is 5.32 Å². The summed E-state index contributed by atoms with van der Waals surface area (Å²) in [5.74, 6) is -1.81. The Morgan fingerprint density at radius 3 is 2.57 bits per heavy atom. The Morgan fingerprint density at radius 2 is 1.90 bits per heavy atom. The first-order chi connectivity index (χ1) is 9.99. The zero-order valence-electron chi connectivity index (χ0n) is 10.7. The second kappa shape index (κ2) is 6.23. The maximum atomic E-state index is 11.9. The van der Waals surface area contributed by atoms with Crippen LogP contribution >= 0.6 is 11.6 Å². The largest absolute Gasteiger partial charge is 0.477 e. The Labute approximate surface area is 124 Å². The lowest BCUT2D eigenvalue weighted by Gasteiger charge is -2.09. The number of hydrogen-bond donors (Lipinski definition) is 2. The first-order valence-corrected chi connectivity index (χ1v) is 6.34. The number of amides is 1. The van der Waals surface area contributed by atoms with Crippen LogP contribution in [0.3, 0.4) is 0 Å². The van der Waals surface area contributed by atoms with Gasteiger partial charge in [0.25, 0.3) is 5.56 Å². The number of aromatic nitrogens is 1. The molecule has 108 valence electrons. The van der Waals surface area contributed by atoms with Crippen molar-refractivity contribution < 1.29 is 14.7 Å². The highest BCUT2D eigenvalue weighted by atomic mass is 35.5. The van der Waals surface area contributed by atoms with Gasteiger partial charge < -0.3 is 15.0 Å². The zero-order valence-corrected chi connectivity index (χ0v) is 11.5. The Hall–Kier alpha value is -2.60. The lowest BCUT2D eigenvalue weighted by atomic mass is 10.3. The fourth-order valence-electron chi connectivity index (χ4n) is 1.73. The molecule has 1 amide bonds. The number of carbonyl (C=O) groups is 2. The molecule has 0 bridgehead atoms. The molecule has 0 atom stereocenters. The Bertz CT molecular complexity index is 755. The average molecular weight is 307 g/mol. The molecule has 2 aromatic rings. The summed E-state index contributed by atoms with van der Waals surface area (Å²) in [6, 6.07) is 9.25. The van der Waals surface area contributed by atoms with E-state index in [0.717, 1.165) is 4.57 Å². The molecule has 0 aliphatic heterocycles. The fourth-order valence-corrected chi connectivity index (χ4v) is 1.91. The molecule has 2 N–H and O–H groups in total. The number of halogens is 1. The van der Waals surface area contributed by atoms with Crippen LogP contribution in [0.25, 0.3) is 0 Å². The van der Waals surface area contributed by atoms with Crippen LogP contribution in [0.4, 0.5) is 5.69 Å². The van der Waals surface area contributed by atoms with Gasteiger partial charge in [-0.1, -0.05) is 23.7 Å². The van der Waals surface area contributed by atoms with Crippen LogP contribution in [0.1, 0.15) is 10.4 Å². The highest BCUT2D eigenvalue weighted by Gasteiger charge is 2.12. The summed E-state index contributed by atoms with van der Waals surface area (Å²) in [6.07, 6.45) is 1.35. The fraction of sp³-hybridized carbons (Fsp3) is 0.0714. The van der Waals surface area contributed by atoms with E-state index in [4.69, 9.17) is 16.7 Å². The van der Waals surface area contributed by atoms with E-state index in [9.17, 15) is 14.4 Å². The number of rotatable bonds is 4. The molecule has 6 nitrogen and oxygen atoms in total. The van der Waals surface area contributed by atoms with E-state index in [-0.39, 0.29) is 12.1 Å². The Morgan fingerprint density at radius 1 is 1.19 bits per heavy atom. The molecule has 2 rings (SSSR count). The van der Waals surface area contributed by atoms with Crippen molar-refractivity contribution in [3.63, 3.8) is 0 Å². The van der Waals surface area contributed by atoms with Crippen LogP contribution < -0.4 is 10.9 Å². The first kappa shape index (κ1) is 14.8. The van der Waals surface area contributed by atoms with Crippen molar-refractivity contribution in [2.45, 2.75) is 6.54 Å². The number of aromatic carboxylic acids is 1. The standard InChI is InChI=1S/C14H11ClN2O4/c15-10-5-1-2-6-11(10)16-12(18)8-17-7-3-4-9(13(17)19)14(20)21/h1-7H,8H2,(H,16,18)(H,20,21). The molecule has 7 heteroatoms. The Balaban J connectivity index is 2.18. The number of hydrogen-bond acceptors (Lipinski definition) is 3. The van der Waals surface area contributed by atoms with Gasteiger partial charge in [0.15, 0.2) is 0 Å². The number of para-hydroxylation sites is 1. The summed E-state index contributed by atoms with van der Waals surface area (Å²) >= 11 is 5.91. The van der Waals surface area contributed by atoms with Crippen LogP contribution in [0, 0.1) is 0 Å². The van der Waals surface area contributed by atoms with Crippen molar-refractivity contribution in [2.24, 2.45) is 0 Å². The quantitative estimate of drug-likeness (QED) is 0.902. The van der Waals surface area contributed by atoms with Crippen molar-refractivity contribution >= 4 is 29.2 Å². The van der Waals surface area contributed by atoms with Crippen molar-refractivity contribution in [1.82, 2.24) is 4.57 Å². The van der Waals surface area contributed by atoms with Gasteiger partial charge in [-0.3, -0.25) is 9.59 Å². The van der Waals surface area contributed by atoms with Crippen molar-refractivity contribution in [3.05, 3.63) is 63.5 Å². The summed E-state index contributed by atoms with van der Waals surface area (Å²) in [4.78, 5) is 34.6. The number of pyridine rings is 1. The minimum Gasteiger partial charge on any atom is -0.477 e. The molecule has 0 fully saturated rings. The molecular formula is C14H11ClN2O4. The molecular weight excluding hydrogens is 296 g/mol. The van der Waals surface area contributed by atoms with Gasteiger partial charge in [0.05, 0.1) is 10.7 Å². The monoisotopic (exact) mass is 306 g/mol. The second-order valence-electron chi connectivity index (χ2n) is 4.19. The number of carbonyl (C=O) groups excluding carboxylic acids is 1. The van der Waals surface area contributed by atoms with Crippen LogP contribution in [0.15, 0.2) is 47.4 Å². The number of carboxylic acids is 1. The second-order valence-corrected chi connectivity index (χ2v) is 4.60. The summed E-state index contributed by atoms with van der Waals surface area (Å²) in [6.45, 7) is -0.300.